The molecule has 1 aromatic heterocycles. The van der Waals surface area contributed by atoms with Crippen LogP contribution in [-0.2, 0) is 0 Å². The Bertz CT molecular complexity index is 500. The van der Waals surface area contributed by atoms with Gasteiger partial charge in [-0.2, -0.15) is 0 Å². The first-order chi connectivity index (χ1) is 9.92. The van der Waals surface area contributed by atoms with Gasteiger partial charge in [-0.25, -0.2) is 9.97 Å². The van der Waals surface area contributed by atoms with Crippen LogP contribution in [0.3, 0.4) is 0 Å². The van der Waals surface area contributed by atoms with Crippen LogP contribution in [0.1, 0.15) is 58.7 Å². The largest absolute Gasteiger partial charge is 0.370 e. The monoisotopic (exact) mass is 288 g/mol. The van der Waals surface area contributed by atoms with Crippen molar-refractivity contribution >= 4 is 11.6 Å². The van der Waals surface area contributed by atoms with Crippen LogP contribution in [0.2, 0.25) is 0 Å². The van der Waals surface area contributed by atoms with E-state index in [-0.39, 0.29) is 5.54 Å². The quantitative estimate of drug-likeness (QED) is 0.793. The van der Waals surface area contributed by atoms with Crippen LogP contribution < -0.4 is 10.6 Å². The fourth-order valence-electron chi connectivity index (χ4n) is 2.59. The van der Waals surface area contributed by atoms with E-state index in [4.69, 9.17) is 0 Å². The molecule has 116 valence electrons. The Labute approximate surface area is 128 Å². The summed E-state index contributed by atoms with van der Waals surface area (Å²) in [7, 11) is 0. The number of hydrogen-bond donors (Lipinski definition) is 2. The van der Waals surface area contributed by atoms with Crippen molar-refractivity contribution in [2.24, 2.45) is 0 Å². The molecule has 4 nitrogen and oxygen atoms in total. The summed E-state index contributed by atoms with van der Waals surface area (Å²) < 4.78 is 0. The first-order valence-corrected chi connectivity index (χ1v) is 7.98. The van der Waals surface area contributed by atoms with Gasteiger partial charge in [0.1, 0.15) is 17.5 Å². The van der Waals surface area contributed by atoms with Gasteiger partial charge in [-0.3, -0.25) is 0 Å². The second kappa shape index (κ2) is 6.92. The summed E-state index contributed by atoms with van der Waals surface area (Å²) in [5.41, 5.74) is 1.60. The van der Waals surface area contributed by atoms with E-state index in [1.165, 1.54) is 25.7 Å². The van der Waals surface area contributed by atoms with E-state index in [9.17, 15) is 0 Å². The summed E-state index contributed by atoms with van der Waals surface area (Å²) in [6.45, 7) is 9.27. The molecule has 0 aliphatic heterocycles. The summed E-state index contributed by atoms with van der Waals surface area (Å²) in [6.07, 6.45) is 8.74. The second-order valence-electron chi connectivity index (χ2n) is 6.85. The van der Waals surface area contributed by atoms with Crippen molar-refractivity contribution in [3.05, 3.63) is 23.5 Å². The lowest BCUT2D eigenvalue weighted by Crippen LogP contribution is -2.27. The number of aromatic nitrogens is 2. The molecule has 0 bridgehead atoms. The summed E-state index contributed by atoms with van der Waals surface area (Å²) in [5.74, 6) is 2.59. The zero-order valence-corrected chi connectivity index (χ0v) is 13.8. The predicted octanol–water partition coefficient (Wildman–Crippen LogP) is 4.30. The lowest BCUT2D eigenvalue weighted by atomic mass is 9.97. The molecular weight excluding hydrogens is 260 g/mol. The highest BCUT2D eigenvalue weighted by Gasteiger charge is 2.11. The van der Waals surface area contributed by atoms with Gasteiger partial charge in [0.2, 0.25) is 0 Å². The predicted molar refractivity (Wildman–Crippen MR) is 89.8 cm³/mol. The van der Waals surface area contributed by atoms with Crippen molar-refractivity contribution in [1.82, 2.24) is 9.97 Å². The molecule has 0 unspecified atom stereocenters. The topological polar surface area (TPSA) is 49.8 Å². The highest BCUT2D eigenvalue weighted by atomic mass is 15.1. The van der Waals surface area contributed by atoms with Gasteiger partial charge in [-0.1, -0.05) is 11.6 Å². The van der Waals surface area contributed by atoms with Crippen molar-refractivity contribution in [3.63, 3.8) is 0 Å². The van der Waals surface area contributed by atoms with Crippen LogP contribution in [-0.4, -0.2) is 22.1 Å². The highest BCUT2D eigenvalue weighted by molar-refractivity contribution is 5.48. The molecule has 4 heteroatoms. The Kier molecular flexibility index (Phi) is 5.21. The standard InChI is InChI=1S/C17H28N4/c1-13-19-15(12-16(20-13)21-17(2,3)4)18-11-10-14-8-6-5-7-9-14/h8,12H,5-7,9-11H2,1-4H3,(H2,18,19,20,21). The molecule has 0 atom stereocenters. The van der Waals surface area contributed by atoms with Crippen molar-refractivity contribution < 1.29 is 0 Å². The third-order valence-corrected chi connectivity index (χ3v) is 3.48. The van der Waals surface area contributed by atoms with Crippen molar-refractivity contribution in [2.75, 3.05) is 17.2 Å². The number of aryl methyl sites for hydroxylation is 1. The van der Waals surface area contributed by atoms with E-state index < -0.39 is 0 Å². The maximum atomic E-state index is 4.46. The molecule has 1 aliphatic rings. The number of nitrogens with zero attached hydrogens (tertiary/aromatic N) is 2. The van der Waals surface area contributed by atoms with E-state index in [0.717, 1.165) is 30.4 Å². The number of allylic oxidation sites excluding steroid dienone is 1. The van der Waals surface area contributed by atoms with E-state index in [1.54, 1.807) is 5.57 Å². The smallest absolute Gasteiger partial charge is 0.132 e. The van der Waals surface area contributed by atoms with Crippen LogP contribution in [0.25, 0.3) is 0 Å². The zero-order chi connectivity index (χ0) is 15.3. The summed E-state index contributed by atoms with van der Waals surface area (Å²) in [5, 5.41) is 6.83. The molecule has 0 aromatic carbocycles. The normalized spacial score (nSPS) is 15.5. The fourth-order valence-corrected chi connectivity index (χ4v) is 2.59. The minimum Gasteiger partial charge on any atom is -0.370 e. The minimum atomic E-state index is 0.00493. The molecule has 2 rings (SSSR count). The van der Waals surface area contributed by atoms with Gasteiger partial charge in [0.25, 0.3) is 0 Å². The maximum Gasteiger partial charge on any atom is 0.132 e. The first-order valence-electron chi connectivity index (χ1n) is 7.98. The zero-order valence-electron chi connectivity index (χ0n) is 13.8. The maximum absolute atomic E-state index is 4.46. The van der Waals surface area contributed by atoms with Crippen LogP contribution >= 0.6 is 0 Å². The van der Waals surface area contributed by atoms with E-state index in [2.05, 4.69) is 47.4 Å². The molecule has 0 radical (unpaired) electrons. The molecule has 0 saturated heterocycles. The number of hydrogen-bond acceptors (Lipinski definition) is 4. The van der Waals surface area contributed by atoms with Crippen molar-refractivity contribution in [2.45, 2.75) is 65.3 Å². The third-order valence-electron chi connectivity index (χ3n) is 3.48. The fraction of sp³-hybridized carbons (Fsp3) is 0.647. The van der Waals surface area contributed by atoms with E-state index >= 15 is 0 Å². The van der Waals surface area contributed by atoms with Crippen LogP contribution in [0.5, 0.6) is 0 Å². The van der Waals surface area contributed by atoms with Gasteiger partial charge in [-0.15, -0.1) is 0 Å². The Balaban J connectivity index is 1.91. The molecule has 0 spiro atoms. The molecule has 0 amide bonds. The van der Waals surface area contributed by atoms with Gasteiger partial charge in [0.15, 0.2) is 0 Å². The highest BCUT2D eigenvalue weighted by Crippen LogP contribution is 2.20. The average molecular weight is 288 g/mol. The van der Waals surface area contributed by atoms with E-state index in [0.29, 0.717) is 0 Å². The molecule has 1 heterocycles. The summed E-state index contributed by atoms with van der Waals surface area (Å²) >= 11 is 0. The Morgan fingerprint density at radius 2 is 1.90 bits per heavy atom. The lowest BCUT2D eigenvalue weighted by Gasteiger charge is -2.22. The molecule has 21 heavy (non-hydrogen) atoms. The first kappa shape index (κ1) is 15.8. The minimum absolute atomic E-state index is 0.00493. The van der Waals surface area contributed by atoms with Gasteiger partial charge < -0.3 is 10.6 Å². The van der Waals surface area contributed by atoms with Gasteiger partial charge >= 0.3 is 0 Å². The molecular formula is C17H28N4. The number of nitrogens with one attached hydrogen (secondary N) is 2. The van der Waals surface area contributed by atoms with Crippen LogP contribution in [0.4, 0.5) is 11.6 Å². The summed E-state index contributed by atoms with van der Waals surface area (Å²) in [4.78, 5) is 8.91. The van der Waals surface area contributed by atoms with Gasteiger partial charge in [-0.05, 0) is 59.8 Å². The summed E-state index contributed by atoms with van der Waals surface area (Å²) in [6, 6.07) is 1.99. The van der Waals surface area contributed by atoms with Crippen molar-refractivity contribution in [3.8, 4) is 0 Å². The van der Waals surface area contributed by atoms with Crippen LogP contribution in [0.15, 0.2) is 17.7 Å². The second-order valence-corrected chi connectivity index (χ2v) is 6.85. The molecule has 0 saturated carbocycles. The Hall–Kier alpha value is -1.58. The van der Waals surface area contributed by atoms with E-state index in [1.807, 2.05) is 13.0 Å². The van der Waals surface area contributed by atoms with Gasteiger partial charge in [0.05, 0.1) is 0 Å². The number of anilines is 2. The Morgan fingerprint density at radius 3 is 2.57 bits per heavy atom. The molecule has 0 fully saturated rings. The molecule has 1 aliphatic carbocycles. The van der Waals surface area contributed by atoms with Gasteiger partial charge in [0, 0.05) is 18.2 Å². The SMILES string of the molecule is Cc1nc(NCCC2=CCCCC2)cc(NC(C)(C)C)n1. The molecule has 1 aromatic rings. The molecule has 2 N–H and O–H groups in total. The number of rotatable bonds is 5. The average Bonchev–Trinajstić information content (AvgIpc) is 2.37. The van der Waals surface area contributed by atoms with Crippen LogP contribution in [0, 0.1) is 6.92 Å². The van der Waals surface area contributed by atoms with Crippen molar-refractivity contribution in [1.29, 1.82) is 0 Å². The lowest BCUT2D eigenvalue weighted by molar-refractivity contribution is 0.629. The third kappa shape index (κ3) is 5.74. The Morgan fingerprint density at radius 1 is 1.14 bits per heavy atom.